The molecule has 2 aromatic heterocycles. The second kappa shape index (κ2) is 2.44. The predicted octanol–water partition coefficient (Wildman–Crippen LogP) is -0.466. The second-order valence-corrected chi connectivity index (χ2v) is 2.47. The molecule has 0 aromatic carbocycles. The molecule has 0 aliphatic rings. The highest BCUT2D eigenvalue weighted by atomic mass is 16.3. The summed E-state index contributed by atoms with van der Waals surface area (Å²) in [6.45, 7) is 0. The first-order chi connectivity index (χ1) is 6.18. The minimum absolute atomic E-state index is 0.0556. The molecule has 2 rings (SSSR count). The zero-order valence-electron chi connectivity index (χ0n) is 6.51. The van der Waals surface area contributed by atoms with E-state index in [0.717, 1.165) is 0 Å². The number of hydrogen-bond donors (Lipinski definition) is 2. The lowest BCUT2D eigenvalue weighted by Gasteiger charge is -1.96. The summed E-state index contributed by atoms with van der Waals surface area (Å²) in [5, 5.41) is 13.0. The van der Waals surface area contributed by atoms with Crippen LogP contribution < -0.4 is 5.73 Å². The Balaban J connectivity index is 2.72. The number of aromatic nitrogens is 3. The minimum Gasteiger partial charge on any atom is -0.493 e. The monoisotopic (exact) mass is 178 g/mol. The van der Waals surface area contributed by atoms with E-state index in [2.05, 4.69) is 10.1 Å². The van der Waals surface area contributed by atoms with Gasteiger partial charge >= 0.3 is 0 Å². The number of carbonyl (C=O) groups is 1. The van der Waals surface area contributed by atoms with Crippen molar-refractivity contribution < 1.29 is 9.90 Å². The highest BCUT2D eigenvalue weighted by molar-refractivity contribution is 5.88. The molecular weight excluding hydrogens is 172 g/mol. The van der Waals surface area contributed by atoms with Crippen molar-refractivity contribution in [3.05, 3.63) is 24.2 Å². The normalized spacial score (nSPS) is 10.5. The number of nitrogens with two attached hydrogens (primary N) is 1. The lowest BCUT2D eigenvalue weighted by molar-refractivity contribution is 0.0989. The SMILES string of the molecule is NC(=O)c1ncc2ccc(O)n2n1. The van der Waals surface area contributed by atoms with Crippen molar-refractivity contribution >= 4 is 11.4 Å². The van der Waals surface area contributed by atoms with Crippen LogP contribution in [0.4, 0.5) is 0 Å². The van der Waals surface area contributed by atoms with Crippen LogP contribution in [0.2, 0.25) is 0 Å². The average molecular weight is 178 g/mol. The molecule has 13 heavy (non-hydrogen) atoms. The highest BCUT2D eigenvalue weighted by Crippen LogP contribution is 2.12. The number of carbonyl (C=O) groups excluding carboxylic acids is 1. The third-order valence-electron chi connectivity index (χ3n) is 1.60. The molecule has 0 fully saturated rings. The molecule has 0 atom stereocenters. The van der Waals surface area contributed by atoms with E-state index in [4.69, 9.17) is 5.73 Å². The number of aromatic hydroxyl groups is 1. The van der Waals surface area contributed by atoms with Gasteiger partial charge in [0, 0.05) is 6.07 Å². The van der Waals surface area contributed by atoms with Gasteiger partial charge in [0.15, 0.2) is 0 Å². The molecule has 1 amide bonds. The van der Waals surface area contributed by atoms with E-state index in [9.17, 15) is 9.90 Å². The number of primary amides is 1. The van der Waals surface area contributed by atoms with E-state index in [-0.39, 0.29) is 11.7 Å². The first-order valence-electron chi connectivity index (χ1n) is 3.52. The van der Waals surface area contributed by atoms with Crippen molar-refractivity contribution in [2.45, 2.75) is 0 Å². The van der Waals surface area contributed by atoms with Gasteiger partial charge in [0.2, 0.25) is 11.7 Å². The molecule has 0 aliphatic carbocycles. The van der Waals surface area contributed by atoms with Gasteiger partial charge < -0.3 is 10.8 Å². The van der Waals surface area contributed by atoms with E-state index in [1.165, 1.54) is 16.8 Å². The van der Waals surface area contributed by atoms with Crippen LogP contribution in [0.3, 0.4) is 0 Å². The van der Waals surface area contributed by atoms with E-state index in [0.29, 0.717) is 5.52 Å². The molecule has 0 bridgehead atoms. The van der Waals surface area contributed by atoms with Crippen LogP contribution in [0.1, 0.15) is 10.6 Å². The van der Waals surface area contributed by atoms with Gasteiger partial charge in [-0.15, -0.1) is 5.10 Å². The summed E-state index contributed by atoms with van der Waals surface area (Å²) in [4.78, 5) is 14.4. The van der Waals surface area contributed by atoms with Gasteiger partial charge in [0.1, 0.15) is 0 Å². The largest absolute Gasteiger partial charge is 0.493 e. The number of fused-ring (bicyclic) bond motifs is 1. The quantitative estimate of drug-likeness (QED) is 0.617. The van der Waals surface area contributed by atoms with Crippen molar-refractivity contribution in [3.63, 3.8) is 0 Å². The number of nitrogens with zero attached hydrogens (tertiary/aromatic N) is 3. The first-order valence-corrected chi connectivity index (χ1v) is 3.52. The van der Waals surface area contributed by atoms with Crippen LogP contribution >= 0.6 is 0 Å². The van der Waals surface area contributed by atoms with Gasteiger partial charge in [-0.25, -0.2) is 4.98 Å². The topological polar surface area (TPSA) is 93.5 Å². The van der Waals surface area contributed by atoms with Crippen LogP contribution in [-0.4, -0.2) is 25.6 Å². The van der Waals surface area contributed by atoms with Crippen LogP contribution in [0.5, 0.6) is 5.88 Å². The van der Waals surface area contributed by atoms with Gasteiger partial charge in [0.05, 0.1) is 11.7 Å². The Bertz CT molecular complexity index is 476. The zero-order valence-corrected chi connectivity index (χ0v) is 6.51. The molecule has 66 valence electrons. The van der Waals surface area contributed by atoms with Crippen molar-refractivity contribution in [3.8, 4) is 5.88 Å². The first kappa shape index (κ1) is 7.53. The summed E-state index contributed by atoms with van der Waals surface area (Å²) in [6.07, 6.45) is 1.41. The summed E-state index contributed by atoms with van der Waals surface area (Å²) in [7, 11) is 0. The Hall–Kier alpha value is -2.11. The van der Waals surface area contributed by atoms with E-state index < -0.39 is 5.91 Å². The van der Waals surface area contributed by atoms with E-state index >= 15 is 0 Å². The minimum atomic E-state index is -0.727. The Labute approximate surface area is 72.6 Å². The van der Waals surface area contributed by atoms with Crippen LogP contribution in [0.15, 0.2) is 18.3 Å². The molecule has 0 aliphatic heterocycles. The third kappa shape index (κ3) is 1.08. The van der Waals surface area contributed by atoms with Gasteiger partial charge in [-0.1, -0.05) is 0 Å². The molecule has 0 saturated carbocycles. The summed E-state index contributed by atoms with van der Waals surface area (Å²) in [5.74, 6) is -0.908. The van der Waals surface area contributed by atoms with Crippen LogP contribution in [-0.2, 0) is 0 Å². The third-order valence-corrected chi connectivity index (χ3v) is 1.60. The molecule has 2 aromatic rings. The molecule has 0 unspecified atom stereocenters. The Morgan fingerprint density at radius 3 is 3.00 bits per heavy atom. The average Bonchev–Trinajstić information content (AvgIpc) is 2.47. The molecule has 3 N–H and O–H groups in total. The standard InChI is InChI=1S/C7H6N4O2/c8-6(13)7-9-3-4-1-2-5(12)11(4)10-7/h1-3,12H,(H2,8,13). The fourth-order valence-corrected chi connectivity index (χ4v) is 1.00. The molecule has 0 spiro atoms. The van der Waals surface area contributed by atoms with Crippen LogP contribution in [0, 0.1) is 0 Å². The fourth-order valence-electron chi connectivity index (χ4n) is 1.00. The fraction of sp³-hybridized carbons (Fsp3) is 0. The Morgan fingerprint density at radius 1 is 1.54 bits per heavy atom. The summed E-state index contributed by atoms with van der Waals surface area (Å²) in [6, 6.07) is 3.08. The molecule has 0 saturated heterocycles. The Morgan fingerprint density at radius 2 is 2.31 bits per heavy atom. The molecule has 2 heterocycles. The summed E-state index contributed by atoms with van der Waals surface area (Å²) >= 11 is 0. The Kier molecular flexibility index (Phi) is 1.42. The van der Waals surface area contributed by atoms with Crippen molar-refractivity contribution in [2.75, 3.05) is 0 Å². The maximum Gasteiger partial charge on any atom is 0.288 e. The van der Waals surface area contributed by atoms with Crippen molar-refractivity contribution in [1.82, 2.24) is 14.6 Å². The van der Waals surface area contributed by atoms with E-state index in [1.54, 1.807) is 6.07 Å². The van der Waals surface area contributed by atoms with Crippen molar-refractivity contribution in [1.29, 1.82) is 0 Å². The number of hydrogen-bond acceptors (Lipinski definition) is 4. The van der Waals surface area contributed by atoms with E-state index in [1.807, 2.05) is 0 Å². The lowest BCUT2D eigenvalue weighted by atomic mass is 10.5. The smallest absolute Gasteiger partial charge is 0.288 e. The summed E-state index contributed by atoms with van der Waals surface area (Å²) in [5.41, 5.74) is 5.56. The molecule has 6 nitrogen and oxygen atoms in total. The predicted molar refractivity (Wildman–Crippen MR) is 43.2 cm³/mol. The van der Waals surface area contributed by atoms with Gasteiger partial charge in [-0.2, -0.15) is 4.52 Å². The molecule has 0 radical (unpaired) electrons. The zero-order chi connectivity index (χ0) is 9.42. The van der Waals surface area contributed by atoms with Gasteiger partial charge in [0.25, 0.3) is 5.91 Å². The number of rotatable bonds is 1. The highest BCUT2D eigenvalue weighted by Gasteiger charge is 2.07. The number of amides is 1. The van der Waals surface area contributed by atoms with Gasteiger partial charge in [-0.05, 0) is 6.07 Å². The van der Waals surface area contributed by atoms with Crippen LogP contribution in [0.25, 0.3) is 5.52 Å². The van der Waals surface area contributed by atoms with Gasteiger partial charge in [-0.3, -0.25) is 4.79 Å². The van der Waals surface area contributed by atoms with Crippen molar-refractivity contribution in [2.24, 2.45) is 5.73 Å². The molecular formula is C7H6N4O2. The summed E-state index contributed by atoms with van der Waals surface area (Å²) < 4.78 is 1.19. The maximum absolute atomic E-state index is 10.7. The molecule has 6 heteroatoms. The second-order valence-electron chi connectivity index (χ2n) is 2.47. The lowest BCUT2D eigenvalue weighted by Crippen LogP contribution is -2.16. The maximum atomic E-state index is 10.7.